The van der Waals surface area contributed by atoms with Crippen molar-refractivity contribution in [1.29, 1.82) is 0 Å². The highest BCUT2D eigenvalue weighted by Gasteiger charge is 2.30. The van der Waals surface area contributed by atoms with Crippen LogP contribution in [0.5, 0.6) is 0 Å². The topological polar surface area (TPSA) is 76.2 Å². The first-order chi connectivity index (χ1) is 10.4. The van der Waals surface area contributed by atoms with Crippen molar-refractivity contribution in [2.75, 3.05) is 0 Å². The second kappa shape index (κ2) is 4.23. The molecule has 0 saturated heterocycles. The predicted octanol–water partition coefficient (Wildman–Crippen LogP) is 3.00. The number of hydrogen-bond donors (Lipinski definition) is 1. The number of imidazole rings is 1. The lowest BCUT2D eigenvalue weighted by Gasteiger charge is -2.02. The number of pyridine rings is 1. The van der Waals surface area contributed by atoms with Crippen LogP contribution in [0.3, 0.4) is 0 Å². The summed E-state index contributed by atoms with van der Waals surface area (Å²) in [7, 11) is 0. The van der Waals surface area contributed by atoms with E-state index in [1.807, 2.05) is 0 Å². The van der Waals surface area contributed by atoms with Gasteiger partial charge in [0.2, 0.25) is 4.96 Å². The zero-order valence-corrected chi connectivity index (χ0v) is 11.9. The van der Waals surface area contributed by atoms with Crippen LogP contribution in [0, 0.1) is 0 Å². The van der Waals surface area contributed by atoms with Crippen molar-refractivity contribution >= 4 is 27.3 Å². The quantitative estimate of drug-likeness (QED) is 0.615. The predicted molar refractivity (Wildman–Crippen MR) is 76.3 cm³/mol. The maximum absolute atomic E-state index is 13.2. The Bertz CT molecular complexity index is 1020. The third-order valence-electron chi connectivity index (χ3n) is 3.13. The lowest BCUT2D eigenvalue weighted by Crippen LogP contribution is -2.06. The molecular weight excluding hydrogens is 314 g/mol. The van der Waals surface area contributed by atoms with Crippen molar-refractivity contribution in [3.05, 3.63) is 39.9 Å². The number of furan rings is 1. The van der Waals surface area contributed by atoms with E-state index in [-0.39, 0.29) is 10.6 Å². The third-order valence-corrected chi connectivity index (χ3v) is 4.22. The first-order valence-corrected chi connectivity index (χ1v) is 7.09. The molecule has 4 heterocycles. The van der Waals surface area contributed by atoms with Crippen molar-refractivity contribution in [2.24, 2.45) is 0 Å². The Balaban J connectivity index is 1.84. The molecule has 0 aliphatic heterocycles. The van der Waals surface area contributed by atoms with Gasteiger partial charge < -0.3 is 9.40 Å². The first-order valence-electron chi connectivity index (χ1n) is 6.28. The van der Waals surface area contributed by atoms with Gasteiger partial charge in [-0.1, -0.05) is 11.3 Å². The summed E-state index contributed by atoms with van der Waals surface area (Å²) >= 11 is 0.811. The van der Waals surface area contributed by atoms with Gasteiger partial charge in [0.25, 0.3) is 11.5 Å². The van der Waals surface area contributed by atoms with Gasteiger partial charge >= 0.3 is 0 Å². The number of aromatic nitrogens is 4. The molecule has 0 aliphatic rings. The molecule has 22 heavy (non-hydrogen) atoms. The minimum absolute atomic E-state index is 0.264. The minimum atomic E-state index is -3.00. The molecule has 0 aromatic carbocycles. The van der Waals surface area contributed by atoms with Crippen molar-refractivity contribution in [3.8, 4) is 11.5 Å². The van der Waals surface area contributed by atoms with Crippen LogP contribution < -0.4 is 5.56 Å². The number of H-pyrrole nitrogens is 1. The molecule has 4 aromatic heterocycles. The Kier molecular flexibility index (Phi) is 2.52. The van der Waals surface area contributed by atoms with Crippen molar-refractivity contribution in [1.82, 2.24) is 19.6 Å². The Morgan fingerprint density at radius 3 is 2.95 bits per heavy atom. The second-order valence-electron chi connectivity index (χ2n) is 4.84. The van der Waals surface area contributed by atoms with Gasteiger partial charge in [0, 0.05) is 13.1 Å². The summed E-state index contributed by atoms with van der Waals surface area (Å²) in [6.45, 7) is 0.789. The van der Waals surface area contributed by atoms with Crippen LogP contribution in [-0.2, 0) is 5.92 Å². The summed E-state index contributed by atoms with van der Waals surface area (Å²) in [6, 6.07) is 3.20. The average molecular weight is 322 g/mol. The highest BCUT2D eigenvalue weighted by molar-refractivity contribution is 7.16. The minimum Gasteiger partial charge on any atom is -0.454 e. The largest absolute Gasteiger partial charge is 0.454 e. The first kappa shape index (κ1) is 13.1. The summed E-state index contributed by atoms with van der Waals surface area (Å²) in [6.07, 6.45) is 2.98. The number of halogens is 2. The SMILES string of the molecule is CC(F)(F)c1nn2cc(-c3cc4c(=O)[nH]ccc4o3)nc2s1. The molecule has 0 saturated carbocycles. The van der Waals surface area contributed by atoms with Crippen LogP contribution in [0.4, 0.5) is 8.78 Å². The summed E-state index contributed by atoms with van der Waals surface area (Å²) in [4.78, 5) is 18.8. The molecule has 0 amide bonds. The standard InChI is InChI=1S/C13H8F2N4O2S/c1-13(14,15)11-18-19-5-7(17-12(19)22-11)9-4-6-8(21-9)2-3-16-10(6)20/h2-5H,1H3,(H,16,20). The zero-order chi connectivity index (χ0) is 15.5. The number of aromatic amines is 1. The van der Waals surface area contributed by atoms with E-state index in [4.69, 9.17) is 4.42 Å². The average Bonchev–Trinajstić information content (AvgIpc) is 3.09. The lowest BCUT2D eigenvalue weighted by atomic mass is 10.3. The summed E-state index contributed by atoms with van der Waals surface area (Å²) < 4.78 is 33.3. The van der Waals surface area contributed by atoms with Gasteiger partial charge in [-0.25, -0.2) is 9.50 Å². The van der Waals surface area contributed by atoms with E-state index in [2.05, 4.69) is 15.1 Å². The molecule has 1 N–H and O–H groups in total. The van der Waals surface area contributed by atoms with Crippen LogP contribution in [0.25, 0.3) is 27.4 Å². The third kappa shape index (κ3) is 1.93. The number of nitrogens with one attached hydrogen (secondary N) is 1. The Labute approximate surface area is 125 Å². The van der Waals surface area contributed by atoms with Crippen molar-refractivity contribution < 1.29 is 13.2 Å². The van der Waals surface area contributed by atoms with E-state index < -0.39 is 5.92 Å². The molecular formula is C13H8F2N4O2S. The molecule has 4 aromatic rings. The molecule has 112 valence electrons. The maximum atomic E-state index is 13.2. The fraction of sp³-hybridized carbons (Fsp3) is 0.154. The zero-order valence-electron chi connectivity index (χ0n) is 11.1. The number of hydrogen-bond acceptors (Lipinski definition) is 5. The lowest BCUT2D eigenvalue weighted by molar-refractivity contribution is 0.0163. The van der Waals surface area contributed by atoms with E-state index in [0.717, 1.165) is 18.3 Å². The van der Waals surface area contributed by atoms with Crippen molar-refractivity contribution in [2.45, 2.75) is 12.8 Å². The molecule has 0 radical (unpaired) electrons. The monoisotopic (exact) mass is 322 g/mol. The maximum Gasteiger partial charge on any atom is 0.298 e. The molecule has 9 heteroatoms. The molecule has 6 nitrogen and oxygen atoms in total. The summed E-state index contributed by atoms with van der Waals surface area (Å²) in [5, 5.41) is 3.92. The number of alkyl halides is 2. The van der Waals surface area contributed by atoms with Crippen LogP contribution in [-0.4, -0.2) is 19.6 Å². The van der Waals surface area contributed by atoms with Gasteiger partial charge in [-0.3, -0.25) is 4.79 Å². The number of nitrogens with zero attached hydrogens (tertiary/aromatic N) is 3. The van der Waals surface area contributed by atoms with E-state index >= 15 is 0 Å². The summed E-state index contributed by atoms with van der Waals surface area (Å²) in [5.74, 6) is -2.62. The van der Waals surface area contributed by atoms with Crippen molar-refractivity contribution in [3.63, 3.8) is 0 Å². The molecule has 0 unspecified atom stereocenters. The summed E-state index contributed by atoms with van der Waals surface area (Å²) in [5.41, 5.74) is 0.601. The van der Waals surface area contributed by atoms with E-state index in [1.54, 1.807) is 12.1 Å². The highest BCUT2D eigenvalue weighted by Crippen LogP contribution is 2.32. The molecule has 0 atom stereocenters. The fourth-order valence-corrected chi connectivity index (χ4v) is 2.91. The molecule has 0 bridgehead atoms. The van der Waals surface area contributed by atoms with Gasteiger partial charge in [-0.05, 0) is 12.1 Å². The number of fused-ring (bicyclic) bond motifs is 2. The molecule has 0 aliphatic carbocycles. The van der Waals surface area contributed by atoms with E-state index in [0.29, 0.717) is 27.4 Å². The van der Waals surface area contributed by atoms with E-state index in [9.17, 15) is 13.6 Å². The molecule has 0 fully saturated rings. The van der Waals surface area contributed by atoms with Crippen LogP contribution >= 0.6 is 11.3 Å². The number of rotatable bonds is 2. The molecule has 0 spiro atoms. The highest BCUT2D eigenvalue weighted by atomic mass is 32.1. The van der Waals surface area contributed by atoms with Gasteiger partial charge in [-0.2, -0.15) is 13.9 Å². The van der Waals surface area contributed by atoms with Gasteiger partial charge in [0.1, 0.15) is 11.3 Å². The van der Waals surface area contributed by atoms with Crippen LogP contribution in [0.1, 0.15) is 11.9 Å². The van der Waals surface area contributed by atoms with Crippen LogP contribution in [0.2, 0.25) is 0 Å². The smallest absolute Gasteiger partial charge is 0.298 e. The van der Waals surface area contributed by atoms with Gasteiger partial charge in [0.05, 0.1) is 11.6 Å². The second-order valence-corrected chi connectivity index (χ2v) is 5.80. The van der Waals surface area contributed by atoms with Gasteiger partial charge in [0.15, 0.2) is 10.8 Å². The fourth-order valence-electron chi connectivity index (χ4n) is 2.10. The normalized spacial score (nSPS) is 12.5. The Hall–Kier alpha value is -2.55. The van der Waals surface area contributed by atoms with Gasteiger partial charge in [-0.15, -0.1) is 0 Å². The Morgan fingerprint density at radius 1 is 1.45 bits per heavy atom. The Morgan fingerprint density at radius 2 is 2.27 bits per heavy atom. The molecule has 4 rings (SSSR count). The van der Waals surface area contributed by atoms with Crippen LogP contribution in [0.15, 0.2) is 33.7 Å². The van der Waals surface area contributed by atoms with E-state index in [1.165, 1.54) is 16.9 Å².